The molecule has 0 radical (unpaired) electrons. The third kappa shape index (κ3) is 7.81. The molecule has 0 spiro atoms. The molecule has 1 atom stereocenters. The Morgan fingerprint density at radius 2 is 1.62 bits per heavy atom. The number of hydrogen-bond donors (Lipinski definition) is 0. The van der Waals surface area contributed by atoms with Crippen LogP contribution in [0.3, 0.4) is 0 Å². The summed E-state index contributed by atoms with van der Waals surface area (Å²) in [4.78, 5) is 35.2. The van der Waals surface area contributed by atoms with Gasteiger partial charge in [-0.3, -0.25) is 9.59 Å². The summed E-state index contributed by atoms with van der Waals surface area (Å²) >= 11 is 12.6. The highest BCUT2D eigenvalue weighted by molar-refractivity contribution is 6.74. The molecule has 2 aromatic rings. The minimum atomic E-state index is -2.04. The smallest absolute Gasteiger partial charge is 0.305 e. The van der Waals surface area contributed by atoms with Crippen molar-refractivity contribution in [3.8, 4) is 0 Å². The average Bonchev–Trinajstić information content (AvgIpc) is 2.88. The van der Waals surface area contributed by atoms with E-state index in [4.69, 9.17) is 32.4 Å². The molecular weight excluding hydrogens is 553 g/mol. The Labute approximate surface area is 243 Å². The number of carbonyl (C=O) groups excluding carboxylic acids is 2. The fraction of sp³-hybridized carbons (Fsp3) is 0.586. The number of nitrogens with zero attached hydrogens (tertiary/aromatic N) is 3. The van der Waals surface area contributed by atoms with Crippen molar-refractivity contribution in [2.75, 3.05) is 18.6 Å². The van der Waals surface area contributed by atoms with E-state index >= 15 is 0 Å². The van der Waals surface area contributed by atoms with Gasteiger partial charge in [-0.1, -0.05) is 56.1 Å². The Kier molecular flexibility index (Phi) is 10.6. The molecule has 1 aromatic carbocycles. The molecule has 0 saturated heterocycles. The van der Waals surface area contributed by atoms with E-state index in [2.05, 4.69) is 56.0 Å². The molecule has 1 aliphatic carbocycles. The monoisotopic (exact) mass is 593 g/mol. The van der Waals surface area contributed by atoms with E-state index in [-0.39, 0.29) is 38.8 Å². The lowest BCUT2D eigenvalue weighted by atomic mass is 9.77. The van der Waals surface area contributed by atoms with Gasteiger partial charge in [0.2, 0.25) is 0 Å². The first-order chi connectivity index (χ1) is 18.2. The molecule has 39 heavy (non-hydrogen) atoms. The molecule has 3 rings (SSSR count). The summed E-state index contributed by atoms with van der Waals surface area (Å²) in [5.41, 5.74) is 2.03. The third-order valence-corrected chi connectivity index (χ3v) is 13.4. The number of ether oxygens (including phenoxy) is 1. The number of halogens is 2. The maximum absolute atomic E-state index is 13.9. The van der Waals surface area contributed by atoms with Crippen LogP contribution in [-0.4, -0.2) is 49.9 Å². The first kappa shape index (κ1) is 31.5. The first-order valence-corrected chi connectivity index (χ1v) is 17.2. The van der Waals surface area contributed by atoms with Crippen molar-refractivity contribution in [2.24, 2.45) is 5.92 Å². The van der Waals surface area contributed by atoms with E-state index in [1.54, 1.807) is 4.90 Å². The second-order valence-corrected chi connectivity index (χ2v) is 17.5. The highest BCUT2D eigenvalue weighted by Gasteiger charge is 2.38. The van der Waals surface area contributed by atoms with Gasteiger partial charge in [0.1, 0.15) is 22.2 Å². The minimum Gasteiger partial charge on any atom is -0.469 e. The number of benzene rings is 1. The van der Waals surface area contributed by atoms with Gasteiger partial charge in [-0.25, -0.2) is 9.97 Å². The fourth-order valence-electron chi connectivity index (χ4n) is 4.76. The quantitative estimate of drug-likeness (QED) is 0.168. The van der Waals surface area contributed by atoms with Crippen molar-refractivity contribution in [2.45, 2.75) is 89.9 Å². The topological polar surface area (TPSA) is 81.6 Å². The van der Waals surface area contributed by atoms with Crippen molar-refractivity contribution >= 4 is 49.1 Å². The first-order valence-electron chi connectivity index (χ1n) is 13.6. The lowest BCUT2D eigenvalue weighted by Crippen LogP contribution is -2.47. The molecule has 1 heterocycles. The maximum Gasteiger partial charge on any atom is 0.305 e. The van der Waals surface area contributed by atoms with Crippen molar-refractivity contribution in [3.05, 3.63) is 52.0 Å². The number of esters is 1. The summed E-state index contributed by atoms with van der Waals surface area (Å²) in [5, 5.41) is 0.0737. The molecule has 1 fully saturated rings. The van der Waals surface area contributed by atoms with Crippen LogP contribution in [0.15, 0.2) is 30.6 Å². The van der Waals surface area contributed by atoms with Crippen molar-refractivity contribution in [1.82, 2.24) is 9.97 Å². The highest BCUT2D eigenvalue weighted by atomic mass is 35.5. The van der Waals surface area contributed by atoms with Crippen LogP contribution >= 0.6 is 23.2 Å². The Balaban J connectivity index is 1.83. The average molecular weight is 595 g/mol. The summed E-state index contributed by atoms with van der Waals surface area (Å²) in [7, 11) is -0.603. The Hall–Kier alpha value is -2.00. The second-order valence-electron chi connectivity index (χ2n) is 12.0. The van der Waals surface area contributed by atoms with Gasteiger partial charge in [0.05, 0.1) is 19.8 Å². The molecule has 0 bridgehead atoms. The summed E-state index contributed by atoms with van der Waals surface area (Å²) in [6.07, 6.45) is 5.77. The lowest BCUT2D eigenvalue weighted by Gasteiger charge is -2.38. The molecule has 214 valence electrons. The van der Waals surface area contributed by atoms with Gasteiger partial charge in [-0.15, -0.1) is 0 Å². The molecule has 7 nitrogen and oxygen atoms in total. The zero-order chi connectivity index (χ0) is 29.0. The van der Waals surface area contributed by atoms with E-state index in [9.17, 15) is 9.59 Å². The molecule has 0 unspecified atom stereocenters. The minimum absolute atomic E-state index is 0.0165. The Bertz CT molecular complexity index is 1130. The number of carbonyl (C=O) groups is 2. The Morgan fingerprint density at radius 1 is 1.05 bits per heavy atom. The van der Waals surface area contributed by atoms with Crippen LogP contribution in [0.2, 0.25) is 28.4 Å². The van der Waals surface area contributed by atoms with Crippen LogP contribution in [0, 0.1) is 5.92 Å². The van der Waals surface area contributed by atoms with E-state index in [1.807, 2.05) is 19.1 Å². The van der Waals surface area contributed by atoms with Gasteiger partial charge in [0.25, 0.3) is 5.91 Å². The number of rotatable bonds is 9. The zero-order valence-corrected chi connectivity index (χ0v) is 26.6. The number of aromatic nitrogens is 2. The van der Waals surface area contributed by atoms with Crippen molar-refractivity contribution in [1.29, 1.82) is 0 Å². The molecular formula is C29H41Cl2N3O4Si. The van der Waals surface area contributed by atoms with E-state index in [0.29, 0.717) is 24.9 Å². The molecule has 1 amide bonds. The predicted molar refractivity (Wildman–Crippen MR) is 159 cm³/mol. The zero-order valence-electron chi connectivity index (χ0n) is 24.1. The lowest BCUT2D eigenvalue weighted by molar-refractivity contribution is -0.142. The predicted octanol–water partition coefficient (Wildman–Crippen LogP) is 7.68. The molecule has 1 saturated carbocycles. The summed E-state index contributed by atoms with van der Waals surface area (Å²) in [5.74, 6) is 0.296. The number of methoxy groups -OCH3 is 1. The molecule has 0 N–H and O–H groups in total. The summed E-state index contributed by atoms with van der Waals surface area (Å²) in [6.45, 7) is 13.3. The van der Waals surface area contributed by atoms with Gasteiger partial charge in [-0.05, 0) is 80.3 Å². The van der Waals surface area contributed by atoms with Crippen LogP contribution in [-0.2, 0) is 14.0 Å². The third-order valence-electron chi connectivity index (χ3n) is 8.29. The highest BCUT2D eigenvalue weighted by Crippen LogP contribution is 2.39. The largest absolute Gasteiger partial charge is 0.469 e. The molecule has 0 aliphatic heterocycles. The van der Waals surface area contributed by atoms with Crippen molar-refractivity contribution in [3.63, 3.8) is 0 Å². The summed E-state index contributed by atoms with van der Waals surface area (Å²) < 4.78 is 11.3. The SMILES string of the molecule is COC(=O)CC1CCC(c2ccc(N(C(=O)c3c(Cl)ncnc3Cl)[C@@H](C)CO[Si](C)(C)C(C)(C)C)cc2)CC1. The van der Waals surface area contributed by atoms with E-state index < -0.39 is 8.32 Å². The van der Waals surface area contributed by atoms with Crippen molar-refractivity contribution < 1.29 is 18.8 Å². The van der Waals surface area contributed by atoms with Gasteiger partial charge in [0, 0.05) is 12.1 Å². The van der Waals surface area contributed by atoms with Gasteiger partial charge < -0.3 is 14.1 Å². The van der Waals surface area contributed by atoms with Gasteiger partial charge in [0.15, 0.2) is 8.32 Å². The van der Waals surface area contributed by atoms with Gasteiger partial charge in [-0.2, -0.15) is 0 Å². The van der Waals surface area contributed by atoms with Gasteiger partial charge >= 0.3 is 5.97 Å². The van der Waals surface area contributed by atoms with E-state index in [1.165, 1.54) is 19.0 Å². The number of amides is 1. The van der Waals surface area contributed by atoms with E-state index in [0.717, 1.165) is 31.4 Å². The maximum atomic E-state index is 13.9. The van der Waals surface area contributed by atoms with Crippen LogP contribution < -0.4 is 4.90 Å². The number of hydrogen-bond acceptors (Lipinski definition) is 6. The summed E-state index contributed by atoms with van der Waals surface area (Å²) in [6, 6.07) is 7.84. The van der Waals surface area contributed by atoms with Crippen LogP contribution in [0.5, 0.6) is 0 Å². The molecule has 10 heteroatoms. The second kappa shape index (κ2) is 13.1. The molecule has 1 aromatic heterocycles. The fourth-order valence-corrected chi connectivity index (χ4v) is 6.33. The standard InChI is InChI=1S/C29H41Cl2N3O4Si/c1-19(17-38-39(6,7)29(2,3)4)34(28(36)25-26(30)32-18-33-27(25)31)23-14-12-22(13-15-23)21-10-8-20(9-11-21)16-24(35)37-5/h12-15,18-21H,8-11,16-17H2,1-7H3/t19-,20?,21?/m0/s1. The van der Waals surface area contributed by atoms with Crippen LogP contribution in [0.4, 0.5) is 5.69 Å². The normalized spacial score (nSPS) is 18.9. The number of anilines is 1. The Morgan fingerprint density at radius 3 is 2.13 bits per heavy atom. The van der Waals surface area contributed by atoms with Crippen LogP contribution in [0.25, 0.3) is 0 Å². The molecule has 1 aliphatic rings. The van der Waals surface area contributed by atoms with Crippen LogP contribution in [0.1, 0.15) is 81.6 Å².